The van der Waals surface area contributed by atoms with Crippen molar-refractivity contribution in [3.8, 4) is 5.82 Å². The van der Waals surface area contributed by atoms with Gasteiger partial charge in [0.1, 0.15) is 17.2 Å². The molecule has 0 aliphatic heterocycles. The average molecular weight is 238 g/mol. The van der Waals surface area contributed by atoms with Crippen LogP contribution in [0.5, 0.6) is 0 Å². The molecule has 0 aliphatic carbocycles. The quantitative estimate of drug-likeness (QED) is 0.654. The van der Waals surface area contributed by atoms with Crippen LogP contribution in [0.25, 0.3) is 17.0 Å². The molecular formula is C14H14N4. The van der Waals surface area contributed by atoms with Crippen molar-refractivity contribution in [2.75, 3.05) is 0 Å². The van der Waals surface area contributed by atoms with E-state index in [1.54, 1.807) is 0 Å². The molecule has 4 nitrogen and oxygen atoms in total. The monoisotopic (exact) mass is 238 g/mol. The van der Waals surface area contributed by atoms with Gasteiger partial charge in [0.25, 0.3) is 0 Å². The van der Waals surface area contributed by atoms with Crippen molar-refractivity contribution >= 4 is 11.2 Å². The molecule has 0 amide bonds. The molecule has 0 fully saturated rings. The molecule has 90 valence electrons. The first kappa shape index (κ1) is 10.9. The van der Waals surface area contributed by atoms with E-state index in [1.807, 2.05) is 55.8 Å². The lowest BCUT2D eigenvalue weighted by molar-refractivity contribution is 0.939. The first-order chi connectivity index (χ1) is 8.65. The molecule has 0 aliphatic rings. The fraction of sp³-hybridized carbons (Fsp3) is 0.214. The second-order valence-electron chi connectivity index (χ2n) is 4.48. The summed E-state index contributed by atoms with van der Waals surface area (Å²) >= 11 is 0. The third kappa shape index (κ3) is 1.66. The molecule has 0 saturated heterocycles. The van der Waals surface area contributed by atoms with Gasteiger partial charge in [-0.15, -0.1) is 0 Å². The molecule has 3 rings (SSSR count). The van der Waals surface area contributed by atoms with Gasteiger partial charge in [-0.1, -0.05) is 6.07 Å². The molecule has 0 atom stereocenters. The number of pyridine rings is 2. The Labute approximate surface area is 105 Å². The highest BCUT2D eigenvalue weighted by Crippen LogP contribution is 2.18. The minimum Gasteiger partial charge on any atom is -0.264 e. The van der Waals surface area contributed by atoms with Crippen molar-refractivity contribution < 1.29 is 0 Å². The predicted octanol–water partition coefficient (Wildman–Crippen LogP) is 2.74. The highest BCUT2D eigenvalue weighted by Gasteiger charge is 2.11. The lowest BCUT2D eigenvalue weighted by atomic mass is 10.3. The minimum absolute atomic E-state index is 0.860. The zero-order valence-electron chi connectivity index (χ0n) is 10.7. The molecule has 0 bridgehead atoms. The normalized spacial score (nSPS) is 11.1. The summed E-state index contributed by atoms with van der Waals surface area (Å²) in [6.45, 7) is 5.98. The third-order valence-electron chi connectivity index (χ3n) is 2.94. The van der Waals surface area contributed by atoms with E-state index in [0.717, 1.165) is 34.1 Å². The number of hydrogen-bond acceptors (Lipinski definition) is 3. The van der Waals surface area contributed by atoms with Crippen LogP contribution in [0.3, 0.4) is 0 Å². The summed E-state index contributed by atoms with van der Waals surface area (Å²) in [5, 5.41) is 0. The van der Waals surface area contributed by atoms with Crippen LogP contribution in [-0.4, -0.2) is 19.5 Å². The number of imidazole rings is 1. The Morgan fingerprint density at radius 3 is 2.50 bits per heavy atom. The van der Waals surface area contributed by atoms with Gasteiger partial charge in [0, 0.05) is 11.9 Å². The smallest absolute Gasteiger partial charge is 0.166 e. The lowest BCUT2D eigenvalue weighted by Crippen LogP contribution is -2.01. The highest BCUT2D eigenvalue weighted by atomic mass is 15.2. The van der Waals surface area contributed by atoms with Crippen molar-refractivity contribution in [1.82, 2.24) is 19.5 Å². The summed E-state index contributed by atoms with van der Waals surface area (Å²) in [5.41, 5.74) is 3.89. The number of hydrogen-bond donors (Lipinski definition) is 0. The van der Waals surface area contributed by atoms with E-state index in [-0.39, 0.29) is 0 Å². The third-order valence-corrected chi connectivity index (χ3v) is 2.94. The van der Waals surface area contributed by atoms with Crippen molar-refractivity contribution in [2.45, 2.75) is 20.8 Å². The molecule has 0 unspecified atom stereocenters. The standard InChI is InChI=1S/C14H14N4/c1-9-4-7-13(15-8-9)18-11(3)17-12-6-5-10(2)16-14(12)18/h4-8H,1-3H3. The molecule has 18 heavy (non-hydrogen) atoms. The zero-order valence-corrected chi connectivity index (χ0v) is 10.7. The molecule has 0 spiro atoms. The Balaban J connectivity index is 2.30. The summed E-state index contributed by atoms with van der Waals surface area (Å²) in [7, 11) is 0. The number of nitrogens with zero attached hydrogens (tertiary/aromatic N) is 4. The number of aromatic nitrogens is 4. The van der Waals surface area contributed by atoms with Crippen LogP contribution in [0.1, 0.15) is 17.1 Å². The molecule has 0 N–H and O–H groups in total. The van der Waals surface area contributed by atoms with Gasteiger partial charge in [0.05, 0.1) is 0 Å². The van der Waals surface area contributed by atoms with Crippen LogP contribution in [0, 0.1) is 20.8 Å². The van der Waals surface area contributed by atoms with E-state index in [1.165, 1.54) is 0 Å². The summed E-state index contributed by atoms with van der Waals surface area (Å²) in [6, 6.07) is 8.01. The van der Waals surface area contributed by atoms with Crippen LogP contribution >= 0.6 is 0 Å². The Hall–Kier alpha value is -2.23. The fourth-order valence-corrected chi connectivity index (χ4v) is 2.03. The number of aryl methyl sites for hydroxylation is 3. The topological polar surface area (TPSA) is 43.6 Å². The fourth-order valence-electron chi connectivity index (χ4n) is 2.03. The second-order valence-corrected chi connectivity index (χ2v) is 4.48. The summed E-state index contributed by atoms with van der Waals surface area (Å²) in [5.74, 6) is 1.76. The SMILES string of the molecule is Cc1ccc(-n2c(C)nc3ccc(C)nc32)nc1. The van der Waals surface area contributed by atoms with E-state index in [4.69, 9.17) is 0 Å². The van der Waals surface area contributed by atoms with Gasteiger partial charge in [-0.05, 0) is 44.5 Å². The molecule has 4 heteroatoms. The maximum atomic E-state index is 4.56. The molecule has 3 aromatic rings. The lowest BCUT2D eigenvalue weighted by Gasteiger charge is -2.05. The van der Waals surface area contributed by atoms with Crippen LogP contribution in [-0.2, 0) is 0 Å². The molecule has 0 aromatic carbocycles. The second kappa shape index (κ2) is 3.91. The largest absolute Gasteiger partial charge is 0.264 e. The molecule has 0 radical (unpaired) electrons. The van der Waals surface area contributed by atoms with E-state index in [0.29, 0.717) is 0 Å². The van der Waals surface area contributed by atoms with E-state index in [9.17, 15) is 0 Å². The van der Waals surface area contributed by atoms with Crippen molar-refractivity contribution in [3.05, 3.63) is 47.5 Å². The van der Waals surface area contributed by atoms with E-state index in [2.05, 4.69) is 15.0 Å². The first-order valence-electron chi connectivity index (χ1n) is 5.91. The van der Waals surface area contributed by atoms with E-state index < -0.39 is 0 Å². The number of fused-ring (bicyclic) bond motifs is 1. The predicted molar refractivity (Wildman–Crippen MR) is 70.9 cm³/mol. The number of rotatable bonds is 1. The van der Waals surface area contributed by atoms with Crippen LogP contribution in [0.15, 0.2) is 30.5 Å². The Morgan fingerprint density at radius 2 is 1.78 bits per heavy atom. The van der Waals surface area contributed by atoms with E-state index >= 15 is 0 Å². The van der Waals surface area contributed by atoms with Crippen LogP contribution in [0.2, 0.25) is 0 Å². The maximum Gasteiger partial charge on any atom is 0.166 e. The van der Waals surface area contributed by atoms with Crippen LogP contribution < -0.4 is 0 Å². The molecule has 3 heterocycles. The van der Waals surface area contributed by atoms with Crippen molar-refractivity contribution in [1.29, 1.82) is 0 Å². The van der Waals surface area contributed by atoms with Gasteiger partial charge < -0.3 is 0 Å². The average Bonchev–Trinajstić information content (AvgIpc) is 2.66. The molecule has 0 saturated carbocycles. The molecule has 3 aromatic heterocycles. The summed E-state index contributed by atoms with van der Waals surface area (Å²) in [4.78, 5) is 13.5. The zero-order chi connectivity index (χ0) is 12.7. The first-order valence-corrected chi connectivity index (χ1v) is 5.91. The summed E-state index contributed by atoms with van der Waals surface area (Å²) in [6.07, 6.45) is 1.86. The van der Waals surface area contributed by atoms with Crippen molar-refractivity contribution in [3.63, 3.8) is 0 Å². The minimum atomic E-state index is 0.860. The van der Waals surface area contributed by atoms with Gasteiger partial charge in [0.15, 0.2) is 5.65 Å². The Bertz CT molecular complexity index is 710. The van der Waals surface area contributed by atoms with Gasteiger partial charge in [0.2, 0.25) is 0 Å². The van der Waals surface area contributed by atoms with Gasteiger partial charge in [-0.2, -0.15) is 0 Å². The van der Waals surface area contributed by atoms with Crippen LogP contribution in [0.4, 0.5) is 0 Å². The Kier molecular flexibility index (Phi) is 2.37. The van der Waals surface area contributed by atoms with Crippen molar-refractivity contribution in [2.24, 2.45) is 0 Å². The summed E-state index contributed by atoms with van der Waals surface area (Å²) < 4.78 is 1.99. The van der Waals surface area contributed by atoms with Gasteiger partial charge in [-0.3, -0.25) is 4.57 Å². The molecular weight excluding hydrogens is 224 g/mol. The van der Waals surface area contributed by atoms with Gasteiger partial charge in [-0.25, -0.2) is 15.0 Å². The highest BCUT2D eigenvalue weighted by molar-refractivity contribution is 5.73. The van der Waals surface area contributed by atoms with Gasteiger partial charge >= 0.3 is 0 Å². The maximum absolute atomic E-state index is 4.56. The Morgan fingerprint density at radius 1 is 0.944 bits per heavy atom.